The van der Waals surface area contributed by atoms with E-state index in [2.05, 4.69) is 21.5 Å². The molecule has 1 fully saturated rings. The van der Waals surface area contributed by atoms with E-state index in [-0.39, 0.29) is 5.69 Å². The molecule has 1 aromatic heterocycles. The molecule has 1 aliphatic rings. The number of aromatic nitrogens is 2. The summed E-state index contributed by atoms with van der Waals surface area (Å²) in [5.41, 5.74) is 0.0322. The molecule has 6 heteroatoms. The first kappa shape index (κ1) is 13.1. The molecule has 0 radical (unpaired) electrons. The molecule has 0 bridgehead atoms. The highest BCUT2D eigenvalue weighted by atomic mass is 32.2. The smallest absolute Gasteiger partial charge is 0.354 e. The Morgan fingerprint density at radius 2 is 2.39 bits per heavy atom. The Kier molecular flexibility index (Phi) is 4.41. The third-order valence-corrected chi connectivity index (χ3v) is 4.26. The zero-order chi connectivity index (χ0) is 13.0. The molecule has 0 spiro atoms. The van der Waals surface area contributed by atoms with Crippen molar-refractivity contribution in [3.8, 4) is 0 Å². The van der Waals surface area contributed by atoms with E-state index in [1.54, 1.807) is 0 Å². The van der Waals surface area contributed by atoms with Crippen molar-refractivity contribution >= 4 is 23.7 Å². The minimum atomic E-state index is -1.02. The third-order valence-electron chi connectivity index (χ3n) is 3.17. The summed E-state index contributed by atoms with van der Waals surface area (Å²) in [6, 6.07) is 1.75. The zero-order valence-corrected chi connectivity index (χ0v) is 11.1. The SMILES string of the molecule is CSC1CCCC(Nc2nccc(C(=O)O)n2)C1. The number of aromatic carboxylic acids is 1. The molecule has 1 aliphatic carbocycles. The molecule has 0 saturated heterocycles. The Balaban J connectivity index is 2.00. The van der Waals surface area contributed by atoms with Crippen LogP contribution in [-0.2, 0) is 0 Å². The number of nitrogens with zero attached hydrogens (tertiary/aromatic N) is 2. The summed E-state index contributed by atoms with van der Waals surface area (Å²) < 4.78 is 0. The molecule has 0 aliphatic heterocycles. The third kappa shape index (κ3) is 3.35. The van der Waals surface area contributed by atoms with Crippen LogP contribution < -0.4 is 5.32 Å². The van der Waals surface area contributed by atoms with Gasteiger partial charge in [0.1, 0.15) is 0 Å². The summed E-state index contributed by atoms with van der Waals surface area (Å²) in [5.74, 6) is -0.604. The number of anilines is 1. The zero-order valence-electron chi connectivity index (χ0n) is 10.3. The first-order chi connectivity index (χ1) is 8.69. The Morgan fingerprint density at radius 1 is 1.56 bits per heavy atom. The Morgan fingerprint density at radius 3 is 3.11 bits per heavy atom. The lowest BCUT2D eigenvalue weighted by Crippen LogP contribution is -2.29. The molecule has 2 N–H and O–H groups in total. The lowest BCUT2D eigenvalue weighted by molar-refractivity contribution is 0.0690. The van der Waals surface area contributed by atoms with Gasteiger partial charge < -0.3 is 10.4 Å². The van der Waals surface area contributed by atoms with Crippen molar-refractivity contribution in [2.45, 2.75) is 37.0 Å². The van der Waals surface area contributed by atoms with Crippen LogP contribution in [0.5, 0.6) is 0 Å². The summed E-state index contributed by atoms with van der Waals surface area (Å²) in [6.45, 7) is 0. The lowest BCUT2D eigenvalue weighted by atomic mass is 9.95. The van der Waals surface area contributed by atoms with Crippen LogP contribution >= 0.6 is 11.8 Å². The van der Waals surface area contributed by atoms with E-state index < -0.39 is 5.97 Å². The second-order valence-electron chi connectivity index (χ2n) is 4.44. The van der Waals surface area contributed by atoms with Crippen molar-refractivity contribution in [1.82, 2.24) is 9.97 Å². The van der Waals surface area contributed by atoms with E-state index in [9.17, 15) is 4.79 Å². The van der Waals surface area contributed by atoms with Crippen LogP contribution in [0.1, 0.15) is 36.2 Å². The first-order valence-corrected chi connectivity index (χ1v) is 7.33. The van der Waals surface area contributed by atoms with E-state index in [1.165, 1.54) is 25.1 Å². The predicted octanol–water partition coefficient (Wildman–Crippen LogP) is 2.26. The number of carboxylic acid groups (broad SMARTS) is 1. The fourth-order valence-corrected chi connectivity index (χ4v) is 3.05. The number of carbonyl (C=O) groups is 1. The van der Waals surface area contributed by atoms with Gasteiger partial charge in [0.05, 0.1) is 0 Å². The highest BCUT2D eigenvalue weighted by molar-refractivity contribution is 7.99. The predicted molar refractivity (Wildman–Crippen MR) is 72.2 cm³/mol. The molecule has 2 atom stereocenters. The van der Waals surface area contributed by atoms with E-state index in [0.29, 0.717) is 17.2 Å². The van der Waals surface area contributed by atoms with Crippen LogP contribution in [0, 0.1) is 0 Å². The topological polar surface area (TPSA) is 75.1 Å². The lowest BCUT2D eigenvalue weighted by Gasteiger charge is -2.28. The monoisotopic (exact) mass is 267 g/mol. The Bertz CT molecular complexity index is 428. The fraction of sp³-hybridized carbons (Fsp3) is 0.583. The van der Waals surface area contributed by atoms with Gasteiger partial charge in [-0.2, -0.15) is 11.8 Å². The number of carboxylic acids is 1. The molecule has 1 heterocycles. The van der Waals surface area contributed by atoms with Gasteiger partial charge in [-0.05, 0) is 31.6 Å². The van der Waals surface area contributed by atoms with E-state index in [0.717, 1.165) is 12.8 Å². The van der Waals surface area contributed by atoms with Gasteiger partial charge in [-0.15, -0.1) is 0 Å². The largest absolute Gasteiger partial charge is 0.477 e. The van der Waals surface area contributed by atoms with Gasteiger partial charge in [0.2, 0.25) is 5.95 Å². The van der Waals surface area contributed by atoms with E-state index in [1.807, 2.05) is 11.8 Å². The average Bonchev–Trinajstić information content (AvgIpc) is 2.39. The number of thioether (sulfide) groups is 1. The molecule has 1 saturated carbocycles. The second kappa shape index (κ2) is 6.04. The van der Waals surface area contributed by atoms with E-state index in [4.69, 9.17) is 5.11 Å². The Hall–Kier alpha value is -1.30. The molecule has 18 heavy (non-hydrogen) atoms. The summed E-state index contributed by atoms with van der Waals surface area (Å²) >= 11 is 1.89. The first-order valence-electron chi connectivity index (χ1n) is 6.04. The maximum Gasteiger partial charge on any atom is 0.354 e. The molecule has 2 rings (SSSR count). The Labute approximate surface area is 110 Å². The van der Waals surface area contributed by atoms with Crippen LogP contribution in [0.2, 0.25) is 0 Å². The summed E-state index contributed by atoms with van der Waals surface area (Å²) in [4.78, 5) is 18.9. The van der Waals surface area contributed by atoms with Gasteiger partial charge >= 0.3 is 5.97 Å². The number of rotatable bonds is 4. The van der Waals surface area contributed by atoms with Crippen LogP contribution in [0.4, 0.5) is 5.95 Å². The number of hydrogen-bond donors (Lipinski definition) is 2. The van der Waals surface area contributed by atoms with Gasteiger partial charge in [-0.1, -0.05) is 6.42 Å². The van der Waals surface area contributed by atoms with Gasteiger partial charge in [0.25, 0.3) is 0 Å². The molecular weight excluding hydrogens is 250 g/mol. The van der Waals surface area contributed by atoms with Crippen molar-refractivity contribution < 1.29 is 9.90 Å². The second-order valence-corrected chi connectivity index (χ2v) is 5.57. The molecule has 2 unspecified atom stereocenters. The van der Waals surface area contributed by atoms with Crippen molar-refractivity contribution in [2.24, 2.45) is 0 Å². The van der Waals surface area contributed by atoms with Crippen molar-refractivity contribution in [3.05, 3.63) is 18.0 Å². The molecule has 98 valence electrons. The standard InChI is InChI=1S/C12H17N3O2S/c1-18-9-4-2-3-8(7-9)14-12-13-6-5-10(15-12)11(16)17/h5-6,8-9H,2-4,7H2,1H3,(H,16,17)(H,13,14,15). The molecular formula is C12H17N3O2S. The quantitative estimate of drug-likeness (QED) is 0.871. The summed E-state index contributed by atoms with van der Waals surface area (Å²) in [6.07, 6.45) is 8.25. The van der Waals surface area contributed by atoms with Gasteiger partial charge in [-0.25, -0.2) is 14.8 Å². The van der Waals surface area contributed by atoms with Crippen molar-refractivity contribution in [2.75, 3.05) is 11.6 Å². The highest BCUT2D eigenvalue weighted by Gasteiger charge is 2.21. The number of hydrogen-bond acceptors (Lipinski definition) is 5. The minimum Gasteiger partial charge on any atom is -0.477 e. The highest BCUT2D eigenvalue weighted by Crippen LogP contribution is 2.28. The average molecular weight is 267 g/mol. The van der Waals surface area contributed by atoms with E-state index >= 15 is 0 Å². The van der Waals surface area contributed by atoms with Gasteiger partial charge in [0.15, 0.2) is 5.69 Å². The minimum absolute atomic E-state index is 0.0322. The van der Waals surface area contributed by atoms with Crippen LogP contribution in [0.25, 0.3) is 0 Å². The summed E-state index contributed by atoms with van der Waals surface area (Å²) in [7, 11) is 0. The van der Waals surface area contributed by atoms with Crippen molar-refractivity contribution in [3.63, 3.8) is 0 Å². The molecule has 0 aromatic carbocycles. The normalized spacial score (nSPS) is 23.6. The molecule has 5 nitrogen and oxygen atoms in total. The van der Waals surface area contributed by atoms with Crippen LogP contribution in [-0.4, -0.2) is 38.6 Å². The van der Waals surface area contributed by atoms with Crippen molar-refractivity contribution in [1.29, 1.82) is 0 Å². The van der Waals surface area contributed by atoms with Gasteiger partial charge in [-0.3, -0.25) is 0 Å². The van der Waals surface area contributed by atoms with Crippen LogP contribution in [0.15, 0.2) is 12.3 Å². The summed E-state index contributed by atoms with van der Waals surface area (Å²) in [5, 5.41) is 12.8. The molecule has 1 aromatic rings. The maximum atomic E-state index is 10.8. The molecule has 0 amide bonds. The fourth-order valence-electron chi connectivity index (χ4n) is 2.22. The van der Waals surface area contributed by atoms with Crippen LogP contribution in [0.3, 0.4) is 0 Å². The maximum absolute atomic E-state index is 10.8. The van der Waals surface area contributed by atoms with Gasteiger partial charge in [0, 0.05) is 17.5 Å². The number of nitrogens with one attached hydrogen (secondary N) is 1.